The van der Waals surface area contributed by atoms with Crippen LogP contribution >= 0.6 is 0 Å². The molecule has 0 aliphatic carbocycles. The van der Waals surface area contributed by atoms with Crippen LogP contribution < -0.4 is 5.32 Å². The summed E-state index contributed by atoms with van der Waals surface area (Å²) in [5, 5.41) is 2.51. The van der Waals surface area contributed by atoms with Gasteiger partial charge in [0.05, 0.1) is 12.6 Å². The first-order valence-corrected chi connectivity index (χ1v) is 8.84. The minimum atomic E-state index is -0.314. The molecule has 1 N–H and O–H groups in total. The summed E-state index contributed by atoms with van der Waals surface area (Å²) in [5.41, 5.74) is 0.850. The average Bonchev–Trinajstić information content (AvgIpc) is 2.75. The summed E-state index contributed by atoms with van der Waals surface area (Å²) >= 11 is 0. The highest BCUT2D eigenvalue weighted by Crippen LogP contribution is 2.21. The zero-order valence-electron chi connectivity index (χ0n) is 15.5. The second kappa shape index (κ2) is 8.78. The number of hydrogen-bond donors (Lipinski definition) is 1. The van der Waals surface area contributed by atoms with Crippen molar-refractivity contribution in [1.82, 2.24) is 15.1 Å². The number of carbonyl (C=O) groups excluding carboxylic acids is 3. The molecule has 0 radical (unpaired) electrons. The topological polar surface area (TPSA) is 69.7 Å². The van der Waals surface area contributed by atoms with Crippen molar-refractivity contribution in [3.05, 3.63) is 35.6 Å². The Kier molecular flexibility index (Phi) is 6.71. The Morgan fingerprint density at radius 1 is 1.27 bits per heavy atom. The lowest BCUT2D eigenvalue weighted by molar-refractivity contribution is -0.134. The van der Waals surface area contributed by atoms with E-state index < -0.39 is 0 Å². The van der Waals surface area contributed by atoms with Gasteiger partial charge < -0.3 is 15.1 Å². The molecule has 0 spiro atoms. The maximum absolute atomic E-state index is 13.1. The Morgan fingerprint density at radius 2 is 1.92 bits per heavy atom. The second-order valence-electron chi connectivity index (χ2n) is 6.96. The van der Waals surface area contributed by atoms with Gasteiger partial charge in [0, 0.05) is 33.0 Å². The summed E-state index contributed by atoms with van der Waals surface area (Å²) in [6.45, 7) is 6.46. The lowest BCUT2D eigenvalue weighted by atomic mass is 10.0. The monoisotopic (exact) mass is 363 g/mol. The predicted octanol–water partition coefficient (Wildman–Crippen LogP) is 1.55. The quantitative estimate of drug-likeness (QED) is 0.863. The summed E-state index contributed by atoms with van der Waals surface area (Å²) < 4.78 is 13.1. The molecule has 0 saturated carbocycles. The number of hydrogen-bond acceptors (Lipinski definition) is 3. The van der Waals surface area contributed by atoms with Gasteiger partial charge in [-0.2, -0.15) is 0 Å². The van der Waals surface area contributed by atoms with Crippen molar-refractivity contribution >= 4 is 17.7 Å². The van der Waals surface area contributed by atoms with Crippen LogP contribution in [0.4, 0.5) is 4.39 Å². The third kappa shape index (κ3) is 5.28. The molecule has 3 amide bonds. The Balaban J connectivity index is 2.15. The van der Waals surface area contributed by atoms with Crippen LogP contribution in [0.15, 0.2) is 24.3 Å². The first-order valence-electron chi connectivity index (χ1n) is 8.84. The minimum absolute atomic E-state index is 0.0251. The largest absolute Gasteiger partial charge is 0.347 e. The lowest BCUT2D eigenvalue weighted by Gasteiger charge is -2.34. The number of nitrogens with zero attached hydrogens (tertiary/aromatic N) is 2. The van der Waals surface area contributed by atoms with Crippen LogP contribution in [0.1, 0.15) is 32.8 Å². The molecular formula is C19H26FN3O3. The van der Waals surface area contributed by atoms with Crippen LogP contribution in [-0.2, 0) is 20.9 Å². The number of halogens is 1. The van der Waals surface area contributed by atoms with Crippen molar-refractivity contribution < 1.29 is 18.8 Å². The molecule has 1 fully saturated rings. The van der Waals surface area contributed by atoms with Crippen LogP contribution in [0.3, 0.4) is 0 Å². The molecule has 1 heterocycles. The minimum Gasteiger partial charge on any atom is -0.347 e. The van der Waals surface area contributed by atoms with E-state index in [1.54, 1.807) is 21.9 Å². The van der Waals surface area contributed by atoms with Crippen molar-refractivity contribution in [1.29, 1.82) is 0 Å². The molecule has 1 aliphatic heterocycles. The van der Waals surface area contributed by atoms with E-state index >= 15 is 0 Å². The van der Waals surface area contributed by atoms with Crippen molar-refractivity contribution in [3.8, 4) is 0 Å². The van der Waals surface area contributed by atoms with Gasteiger partial charge in [-0.3, -0.25) is 14.4 Å². The third-order valence-electron chi connectivity index (χ3n) is 4.60. The molecule has 26 heavy (non-hydrogen) atoms. The molecule has 142 valence electrons. The number of rotatable bonds is 5. The molecule has 1 saturated heterocycles. The Bertz CT molecular complexity index is 660. The molecule has 1 aliphatic rings. The Labute approximate surface area is 153 Å². The van der Waals surface area contributed by atoms with E-state index in [1.807, 2.05) is 13.8 Å². The fraction of sp³-hybridized carbons (Fsp3) is 0.526. The van der Waals surface area contributed by atoms with E-state index in [-0.39, 0.29) is 48.5 Å². The fourth-order valence-electron chi connectivity index (χ4n) is 3.08. The van der Waals surface area contributed by atoms with E-state index in [1.165, 1.54) is 19.1 Å². The Morgan fingerprint density at radius 3 is 2.50 bits per heavy atom. The molecular weight excluding hydrogens is 337 g/mol. The highest BCUT2D eigenvalue weighted by Gasteiger charge is 2.33. The maximum Gasteiger partial charge on any atom is 0.242 e. The highest BCUT2D eigenvalue weighted by atomic mass is 19.1. The van der Waals surface area contributed by atoms with Gasteiger partial charge in [0.25, 0.3) is 0 Å². The molecule has 6 nitrogen and oxygen atoms in total. The molecule has 0 bridgehead atoms. The number of nitrogens with one attached hydrogen (secondary N) is 1. The van der Waals surface area contributed by atoms with Crippen molar-refractivity contribution in [2.24, 2.45) is 5.92 Å². The van der Waals surface area contributed by atoms with E-state index in [9.17, 15) is 18.8 Å². The van der Waals surface area contributed by atoms with Crippen molar-refractivity contribution in [3.63, 3.8) is 0 Å². The molecule has 7 heteroatoms. The molecule has 1 atom stereocenters. The Hall–Kier alpha value is -2.44. The molecule has 0 aromatic heterocycles. The van der Waals surface area contributed by atoms with Gasteiger partial charge in [0.2, 0.25) is 17.7 Å². The average molecular weight is 363 g/mol. The highest BCUT2D eigenvalue weighted by molar-refractivity contribution is 5.85. The van der Waals surface area contributed by atoms with Crippen molar-refractivity contribution in [2.75, 3.05) is 19.6 Å². The number of benzene rings is 1. The first-order chi connectivity index (χ1) is 12.3. The van der Waals surface area contributed by atoms with E-state index in [4.69, 9.17) is 0 Å². The van der Waals surface area contributed by atoms with E-state index in [0.717, 1.165) is 5.56 Å². The molecule has 1 aromatic carbocycles. The normalized spacial score (nSPS) is 18.0. The van der Waals surface area contributed by atoms with Crippen LogP contribution in [0.25, 0.3) is 0 Å². The maximum atomic E-state index is 13.1. The first kappa shape index (κ1) is 19.9. The predicted molar refractivity (Wildman–Crippen MR) is 95.5 cm³/mol. The van der Waals surface area contributed by atoms with Gasteiger partial charge >= 0.3 is 0 Å². The molecule has 0 unspecified atom stereocenters. The third-order valence-corrected chi connectivity index (χ3v) is 4.60. The summed E-state index contributed by atoms with van der Waals surface area (Å²) in [4.78, 5) is 39.5. The van der Waals surface area contributed by atoms with Crippen LogP contribution in [0.5, 0.6) is 0 Å². The number of carbonyl (C=O) groups is 3. The van der Waals surface area contributed by atoms with Gasteiger partial charge in [0.15, 0.2) is 0 Å². The standard InChI is InChI=1S/C19H26FN3O3/c1-13(2)17-12-22(19(26)10-21-14(3)24)9-8-18(25)23(17)11-15-4-6-16(20)7-5-15/h4-7,13,17H,8-12H2,1-3H3,(H,21,24)/t17-/m0/s1. The SMILES string of the molecule is CC(=O)NCC(=O)N1CCC(=O)N(Cc2ccc(F)cc2)[C@H](C(C)C)C1. The summed E-state index contributed by atoms with van der Waals surface area (Å²) in [5.74, 6) is -0.646. The second-order valence-corrected chi connectivity index (χ2v) is 6.96. The van der Waals surface area contributed by atoms with Gasteiger partial charge in [0.1, 0.15) is 5.82 Å². The van der Waals surface area contributed by atoms with E-state index in [0.29, 0.717) is 19.6 Å². The molecule has 2 rings (SSSR count). The summed E-state index contributed by atoms with van der Waals surface area (Å²) in [6.07, 6.45) is 0.232. The van der Waals surface area contributed by atoms with Gasteiger partial charge in [-0.05, 0) is 23.6 Å². The zero-order valence-corrected chi connectivity index (χ0v) is 15.5. The van der Waals surface area contributed by atoms with Gasteiger partial charge in [-0.25, -0.2) is 4.39 Å². The van der Waals surface area contributed by atoms with Crippen LogP contribution in [0.2, 0.25) is 0 Å². The lowest BCUT2D eigenvalue weighted by Crippen LogP contribution is -2.48. The number of amides is 3. The van der Waals surface area contributed by atoms with Gasteiger partial charge in [-0.1, -0.05) is 26.0 Å². The summed E-state index contributed by atoms with van der Waals surface area (Å²) in [6, 6.07) is 5.96. The van der Waals surface area contributed by atoms with Crippen LogP contribution in [-0.4, -0.2) is 53.2 Å². The van der Waals surface area contributed by atoms with Gasteiger partial charge in [-0.15, -0.1) is 0 Å². The van der Waals surface area contributed by atoms with Crippen LogP contribution in [0, 0.1) is 11.7 Å². The molecule has 1 aromatic rings. The van der Waals surface area contributed by atoms with Crippen molar-refractivity contribution in [2.45, 2.75) is 39.8 Å². The fourth-order valence-corrected chi connectivity index (χ4v) is 3.08. The zero-order chi connectivity index (χ0) is 19.3. The van der Waals surface area contributed by atoms with E-state index in [2.05, 4.69) is 5.32 Å². The smallest absolute Gasteiger partial charge is 0.242 e. The summed E-state index contributed by atoms with van der Waals surface area (Å²) in [7, 11) is 0.